The number of carbonyl (C=O) groups excluding carboxylic acids is 1. The van der Waals surface area contributed by atoms with Crippen molar-refractivity contribution in [3.05, 3.63) is 35.4 Å². The molecule has 20 heavy (non-hydrogen) atoms. The molecule has 0 heterocycles. The molecule has 110 valence electrons. The molecule has 5 heteroatoms. The molecule has 0 spiro atoms. The predicted molar refractivity (Wildman–Crippen MR) is 77.5 cm³/mol. The minimum atomic E-state index is -1.30. The van der Waals surface area contributed by atoms with E-state index >= 15 is 0 Å². The van der Waals surface area contributed by atoms with E-state index in [1.54, 1.807) is 19.0 Å². The van der Waals surface area contributed by atoms with Gasteiger partial charge >= 0.3 is 5.97 Å². The van der Waals surface area contributed by atoms with Gasteiger partial charge in [-0.05, 0) is 40.4 Å². The Morgan fingerprint density at radius 3 is 2.35 bits per heavy atom. The predicted octanol–water partition coefficient (Wildman–Crippen LogP) is 1.58. The molecule has 1 aromatic carbocycles. The van der Waals surface area contributed by atoms with Crippen molar-refractivity contribution in [1.29, 1.82) is 0 Å². The van der Waals surface area contributed by atoms with Crippen LogP contribution in [0.15, 0.2) is 24.3 Å². The van der Waals surface area contributed by atoms with Gasteiger partial charge in [-0.3, -0.25) is 9.69 Å². The average molecular weight is 278 g/mol. The fourth-order valence-corrected chi connectivity index (χ4v) is 1.95. The molecule has 5 nitrogen and oxygen atoms in total. The summed E-state index contributed by atoms with van der Waals surface area (Å²) < 4.78 is 0. The molecule has 2 N–H and O–H groups in total. The van der Waals surface area contributed by atoms with Gasteiger partial charge in [0.05, 0.1) is 0 Å². The Morgan fingerprint density at radius 1 is 1.30 bits per heavy atom. The third kappa shape index (κ3) is 3.81. The molecule has 1 aromatic rings. The first-order valence-corrected chi connectivity index (χ1v) is 6.43. The molecule has 0 saturated carbocycles. The molecular formula is C15H22N2O3. The zero-order chi connectivity index (χ0) is 15.5. The van der Waals surface area contributed by atoms with E-state index in [9.17, 15) is 9.59 Å². The lowest BCUT2D eigenvalue weighted by molar-refractivity contribution is -0.146. The Bertz CT molecular complexity index is 510. The second kappa shape index (κ2) is 6.05. The smallest absolute Gasteiger partial charge is 0.328 e. The van der Waals surface area contributed by atoms with Crippen molar-refractivity contribution in [3.63, 3.8) is 0 Å². The van der Waals surface area contributed by atoms with Crippen molar-refractivity contribution in [2.45, 2.75) is 32.4 Å². The second-order valence-corrected chi connectivity index (χ2v) is 5.70. The van der Waals surface area contributed by atoms with E-state index in [0.717, 1.165) is 11.1 Å². The van der Waals surface area contributed by atoms with Crippen LogP contribution in [-0.4, -0.2) is 41.5 Å². The zero-order valence-electron chi connectivity index (χ0n) is 12.6. The van der Waals surface area contributed by atoms with Crippen LogP contribution in [0.1, 0.15) is 31.0 Å². The molecule has 1 rings (SSSR count). The lowest BCUT2D eigenvalue weighted by Crippen LogP contribution is -2.52. The number of carbonyl (C=O) groups is 2. The van der Waals surface area contributed by atoms with Gasteiger partial charge in [0.1, 0.15) is 11.6 Å². The van der Waals surface area contributed by atoms with Crippen molar-refractivity contribution < 1.29 is 14.7 Å². The second-order valence-electron chi connectivity index (χ2n) is 5.70. The minimum absolute atomic E-state index is 0.326. The molecule has 0 aliphatic heterocycles. The number of nitrogens with zero attached hydrogens (tertiary/aromatic N) is 1. The quantitative estimate of drug-likeness (QED) is 0.858. The number of carboxylic acid groups (broad SMARTS) is 1. The maximum absolute atomic E-state index is 12.4. The Labute approximate surface area is 119 Å². The molecule has 0 radical (unpaired) electrons. The number of aryl methyl sites for hydroxylation is 1. The third-order valence-corrected chi connectivity index (χ3v) is 3.09. The number of rotatable bonds is 5. The fraction of sp³-hybridized carbons (Fsp3) is 0.467. The summed E-state index contributed by atoms with van der Waals surface area (Å²) in [5.41, 5.74) is 0.600. The summed E-state index contributed by atoms with van der Waals surface area (Å²) in [6, 6.07) is 7.11. The maximum atomic E-state index is 12.4. The highest BCUT2D eigenvalue weighted by Crippen LogP contribution is 2.20. The molecule has 0 bridgehead atoms. The van der Waals surface area contributed by atoms with Gasteiger partial charge in [0.2, 0.25) is 5.91 Å². The number of nitrogens with one attached hydrogen (secondary N) is 1. The van der Waals surface area contributed by atoms with Gasteiger partial charge in [-0.2, -0.15) is 0 Å². The van der Waals surface area contributed by atoms with Crippen LogP contribution < -0.4 is 5.32 Å². The molecule has 0 aliphatic carbocycles. The molecule has 0 aromatic heterocycles. The van der Waals surface area contributed by atoms with Gasteiger partial charge in [0.15, 0.2) is 0 Å². The van der Waals surface area contributed by atoms with Gasteiger partial charge in [-0.25, -0.2) is 4.79 Å². The van der Waals surface area contributed by atoms with Crippen molar-refractivity contribution >= 4 is 11.9 Å². The van der Waals surface area contributed by atoms with Crippen LogP contribution in [0.25, 0.3) is 0 Å². The van der Waals surface area contributed by atoms with Crippen molar-refractivity contribution in [1.82, 2.24) is 10.2 Å². The molecular weight excluding hydrogens is 256 g/mol. The molecule has 0 fully saturated rings. The molecule has 1 amide bonds. The van der Waals surface area contributed by atoms with Crippen LogP contribution in [-0.2, 0) is 9.59 Å². The van der Waals surface area contributed by atoms with Crippen molar-refractivity contribution in [3.8, 4) is 0 Å². The number of amides is 1. The summed E-state index contributed by atoms with van der Waals surface area (Å²) >= 11 is 0. The van der Waals surface area contributed by atoms with E-state index in [1.807, 2.05) is 31.2 Å². The summed E-state index contributed by atoms with van der Waals surface area (Å²) in [7, 11) is 3.58. The first kappa shape index (κ1) is 16.2. The number of likely N-dealkylation sites (N-methyl/N-ethyl adjacent to an activating group) is 1. The van der Waals surface area contributed by atoms with E-state index < -0.39 is 17.6 Å². The van der Waals surface area contributed by atoms with Crippen LogP contribution in [0.2, 0.25) is 0 Å². The Kier molecular flexibility index (Phi) is 4.89. The first-order valence-electron chi connectivity index (χ1n) is 6.43. The van der Waals surface area contributed by atoms with Crippen LogP contribution in [0, 0.1) is 6.92 Å². The first-order chi connectivity index (χ1) is 9.15. The maximum Gasteiger partial charge on any atom is 0.328 e. The van der Waals surface area contributed by atoms with Crippen LogP contribution >= 0.6 is 0 Å². The number of aliphatic carboxylic acids is 1. The lowest BCUT2D eigenvalue weighted by atomic mass is 10.00. The standard InChI is InChI=1S/C15H22N2O3/c1-10-7-6-8-11(9-10)12(17(4)5)13(18)16-15(2,3)14(19)20/h6-9,12H,1-5H3,(H,16,18)(H,19,20)/t12-/m0/s1. The summed E-state index contributed by atoms with van der Waals surface area (Å²) in [5.74, 6) is -1.39. The Balaban J connectivity index is 3.04. The lowest BCUT2D eigenvalue weighted by Gasteiger charge is -2.28. The highest BCUT2D eigenvalue weighted by atomic mass is 16.4. The number of benzene rings is 1. The number of hydrogen-bond donors (Lipinski definition) is 2. The van der Waals surface area contributed by atoms with E-state index in [2.05, 4.69) is 5.32 Å². The third-order valence-electron chi connectivity index (χ3n) is 3.09. The van der Waals surface area contributed by atoms with Crippen molar-refractivity contribution in [2.75, 3.05) is 14.1 Å². The van der Waals surface area contributed by atoms with E-state index in [4.69, 9.17) is 5.11 Å². The normalized spacial score (nSPS) is 13.1. The van der Waals surface area contributed by atoms with Gasteiger partial charge in [0.25, 0.3) is 0 Å². The highest BCUT2D eigenvalue weighted by molar-refractivity contribution is 5.89. The Hall–Kier alpha value is -1.88. The van der Waals surface area contributed by atoms with Gasteiger partial charge in [-0.15, -0.1) is 0 Å². The highest BCUT2D eigenvalue weighted by Gasteiger charge is 2.33. The van der Waals surface area contributed by atoms with E-state index in [-0.39, 0.29) is 5.91 Å². The number of hydrogen-bond acceptors (Lipinski definition) is 3. The van der Waals surface area contributed by atoms with Crippen molar-refractivity contribution in [2.24, 2.45) is 0 Å². The van der Waals surface area contributed by atoms with Gasteiger partial charge in [0, 0.05) is 0 Å². The van der Waals surface area contributed by atoms with Gasteiger partial charge < -0.3 is 10.4 Å². The monoisotopic (exact) mass is 278 g/mol. The van der Waals surface area contributed by atoms with E-state index in [1.165, 1.54) is 13.8 Å². The fourth-order valence-electron chi connectivity index (χ4n) is 1.95. The van der Waals surface area contributed by atoms with Crippen LogP contribution in [0.5, 0.6) is 0 Å². The SMILES string of the molecule is Cc1cccc([C@@H](C(=O)NC(C)(C)C(=O)O)N(C)C)c1. The van der Waals surface area contributed by atoms with Crippen LogP contribution in [0.3, 0.4) is 0 Å². The van der Waals surface area contributed by atoms with Gasteiger partial charge in [-0.1, -0.05) is 29.8 Å². The minimum Gasteiger partial charge on any atom is -0.480 e. The molecule has 0 saturated heterocycles. The van der Waals surface area contributed by atoms with Crippen LogP contribution in [0.4, 0.5) is 0 Å². The summed E-state index contributed by atoms with van der Waals surface area (Å²) in [5, 5.41) is 11.7. The molecule has 0 aliphatic rings. The average Bonchev–Trinajstić information content (AvgIpc) is 2.27. The summed E-state index contributed by atoms with van der Waals surface area (Å²) in [6.07, 6.45) is 0. The number of carboxylic acids is 1. The molecule has 1 atom stereocenters. The summed E-state index contributed by atoms with van der Waals surface area (Å²) in [6.45, 7) is 4.89. The largest absolute Gasteiger partial charge is 0.480 e. The topological polar surface area (TPSA) is 69.6 Å². The zero-order valence-corrected chi connectivity index (χ0v) is 12.6. The molecule has 0 unspecified atom stereocenters. The summed E-state index contributed by atoms with van der Waals surface area (Å²) in [4.78, 5) is 25.3. The Morgan fingerprint density at radius 2 is 1.90 bits per heavy atom. The van der Waals surface area contributed by atoms with E-state index in [0.29, 0.717) is 0 Å².